The van der Waals surface area contributed by atoms with Crippen molar-refractivity contribution in [1.29, 1.82) is 0 Å². The van der Waals surface area contributed by atoms with Crippen LogP contribution in [0.3, 0.4) is 0 Å². The van der Waals surface area contributed by atoms with Gasteiger partial charge in [-0.1, -0.05) is 12.8 Å². The third-order valence-electron chi connectivity index (χ3n) is 3.76. The fraction of sp³-hybridized carbons (Fsp3) is 0.571. The first-order chi connectivity index (χ1) is 8.20. The largest absolute Gasteiger partial charge is 0.508 e. The van der Waals surface area contributed by atoms with Gasteiger partial charge in [-0.3, -0.25) is 0 Å². The molecule has 0 spiro atoms. The summed E-state index contributed by atoms with van der Waals surface area (Å²) in [6.07, 6.45) is 5.01. The highest BCUT2D eigenvalue weighted by atomic mass is 16.3. The highest BCUT2D eigenvalue weighted by Gasteiger charge is 2.23. The molecule has 2 unspecified atom stereocenters. The van der Waals surface area contributed by atoms with E-state index in [1.807, 2.05) is 19.1 Å². The van der Waals surface area contributed by atoms with Crippen molar-refractivity contribution in [2.45, 2.75) is 38.6 Å². The molecular weight excluding hydrogens is 212 g/mol. The molecule has 1 aromatic carbocycles. The Hall–Kier alpha value is -1.22. The summed E-state index contributed by atoms with van der Waals surface area (Å²) in [7, 11) is 0. The molecule has 1 fully saturated rings. The lowest BCUT2D eigenvalue weighted by atomic mass is 9.84. The van der Waals surface area contributed by atoms with E-state index >= 15 is 0 Å². The monoisotopic (exact) mass is 234 g/mol. The van der Waals surface area contributed by atoms with Gasteiger partial charge in [0.25, 0.3) is 0 Å². The number of nitrogens with one attached hydrogen (secondary N) is 1. The summed E-state index contributed by atoms with van der Waals surface area (Å²) in [5.74, 6) is 0.937. The lowest BCUT2D eigenvalue weighted by molar-refractivity contribution is 0.332. The van der Waals surface area contributed by atoms with Gasteiger partial charge in [-0.25, -0.2) is 0 Å². The maximum absolute atomic E-state index is 9.50. The summed E-state index contributed by atoms with van der Waals surface area (Å²) in [5, 5.41) is 13.1. The molecule has 2 rings (SSSR count). The van der Waals surface area contributed by atoms with Crippen LogP contribution in [0.15, 0.2) is 18.2 Å². The fourth-order valence-corrected chi connectivity index (χ4v) is 2.64. The van der Waals surface area contributed by atoms with E-state index in [-0.39, 0.29) is 0 Å². The van der Waals surface area contributed by atoms with E-state index in [0.29, 0.717) is 17.7 Å². The van der Waals surface area contributed by atoms with Crippen molar-refractivity contribution in [1.82, 2.24) is 0 Å². The number of phenols is 1. The first-order valence-corrected chi connectivity index (χ1v) is 6.47. The van der Waals surface area contributed by atoms with Crippen LogP contribution in [0.5, 0.6) is 5.75 Å². The number of benzene rings is 1. The fourth-order valence-electron chi connectivity index (χ4n) is 2.64. The van der Waals surface area contributed by atoms with Crippen molar-refractivity contribution >= 4 is 5.69 Å². The molecule has 0 heterocycles. The van der Waals surface area contributed by atoms with E-state index < -0.39 is 0 Å². The minimum Gasteiger partial charge on any atom is -0.508 e. The zero-order valence-electron chi connectivity index (χ0n) is 10.4. The van der Waals surface area contributed by atoms with Crippen LogP contribution in [0.4, 0.5) is 5.69 Å². The summed E-state index contributed by atoms with van der Waals surface area (Å²) < 4.78 is 0. The molecule has 1 aliphatic rings. The Labute approximate surface area is 103 Å². The first kappa shape index (κ1) is 12.2. The molecule has 0 saturated heterocycles. The molecule has 0 radical (unpaired) electrons. The van der Waals surface area contributed by atoms with Crippen molar-refractivity contribution in [2.24, 2.45) is 11.7 Å². The average Bonchev–Trinajstić information content (AvgIpc) is 2.34. The van der Waals surface area contributed by atoms with Gasteiger partial charge in [-0.2, -0.15) is 0 Å². The predicted molar refractivity (Wildman–Crippen MR) is 71.3 cm³/mol. The zero-order valence-corrected chi connectivity index (χ0v) is 10.4. The highest BCUT2D eigenvalue weighted by Crippen LogP contribution is 2.28. The van der Waals surface area contributed by atoms with Gasteiger partial charge in [0.1, 0.15) is 5.75 Å². The van der Waals surface area contributed by atoms with Crippen molar-refractivity contribution in [3.63, 3.8) is 0 Å². The topological polar surface area (TPSA) is 58.3 Å². The summed E-state index contributed by atoms with van der Waals surface area (Å²) in [6, 6.07) is 6.16. The summed E-state index contributed by atoms with van der Waals surface area (Å²) in [4.78, 5) is 0. The number of hydrogen-bond acceptors (Lipinski definition) is 3. The number of hydrogen-bond donors (Lipinski definition) is 3. The molecule has 2 atom stereocenters. The number of phenolic OH excluding ortho intramolecular Hbond substituents is 1. The molecule has 1 aromatic rings. The van der Waals surface area contributed by atoms with E-state index in [0.717, 1.165) is 17.8 Å². The van der Waals surface area contributed by atoms with Crippen LogP contribution < -0.4 is 11.1 Å². The molecule has 0 aliphatic heterocycles. The molecule has 17 heavy (non-hydrogen) atoms. The van der Waals surface area contributed by atoms with E-state index in [2.05, 4.69) is 5.32 Å². The average molecular weight is 234 g/mol. The van der Waals surface area contributed by atoms with Crippen molar-refractivity contribution < 1.29 is 5.11 Å². The molecule has 0 bridgehead atoms. The van der Waals surface area contributed by atoms with Crippen molar-refractivity contribution in [3.8, 4) is 5.75 Å². The maximum Gasteiger partial charge on any atom is 0.118 e. The summed E-state index contributed by atoms with van der Waals surface area (Å²) in [6.45, 7) is 2.68. The van der Waals surface area contributed by atoms with Gasteiger partial charge in [-0.15, -0.1) is 0 Å². The van der Waals surface area contributed by atoms with Gasteiger partial charge >= 0.3 is 0 Å². The highest BCUT2D eigenvalue weighted by molar-refractivity contribution is 5.51. The van der Waals surface area contributed by atoms with Crippen LogP contribution in [-0.2, 0) is 0 Å². The number of nitrogens with two attached hydrogens (primary N) is 1. The normalized spacial score (nSPS) is 24.6. The molecule has 0 amide bonds. The molecule has 1 saturated carbocycles. The number of anilines is 1. The lowest BCUT2D eigenvalue weighted by Crippen LogP contribution is -2.36. The second-order valence-corrected chi connectivity index (χ2v) is 5.03. The summed E-state index contributed by atoms with van der Waals surface area (Å²) in [5.41, 5.74) is 7.82. The van der Waals surface area contributed by atoms with Crippen LogP contribution in [-0.4, -0.2) is 17.7 Å². The smallest absolute Gasteiger partial charge is 0.118 e. The van der Waals surface area contributed by atoms with Crippen LogP contribution in [0.25, 0.3) is 0 Å². The number of aromatic hydroxyl groups is 1. The van der Waals surface area contributed by atoms with Gasteiger partial charge in [-0.05, 0) is 56.0 Å². The van der Waals surface area contributed by atoms with Gasteiger partial charge in [0.05, 0.1) is 0 Å². The maximum atomic E-state index is 9.50. The first-order valence-electron chi connectivity index (χ1n) is 6.47. The Morgan fingerprint density at radius 2 is 2.12 bits per heavy atom. The van der Waals surface area contributed by atoms with Gasteiger partial charge < -0.3 is 16.2 Å². The third-order valence-corrected chi connectivity index (χ3v) is 3.76. The SMILES string of the molecule is Cc1cc(NC2CCCCC2CN)ccc1O. The Kier molecular flexibility index (Phi) is 3.89. The number of rotatable bonds is 3. The molecule has 94 valence electrons. The Bertz CT molecular complexity index is 378. The van der Waals surface area contributed by atoms with E-state index in [4.69, 9.17) is 5.73 Å². The number of aryl methyl sites for hydroxylation is 1. The van der Waals surface area contributed by atoms with Crippen LogP contribution in [0.1, 0.15) is 31.2 Å². The summed E-state index contributed by atoms with van der Waals surface area (Å²) >= 11 is 0. The van der Waals surface area contributed by atoms with Crippen molar-refractivity contribution in [3.05, 3.63) is 23.8 Å². The molecule has 3 nitrogen and oxygen atoms in total. The quantitative estimate of drug-likeness (QED) is 0.705. The second-order valence-electron chi connectivity index (χ2n) is 5.03. The molecule has 0 aromatic heterocycles. The molecular formula is C14H22N2O. The van der Waals surface area contributed by atoms with Gasteiger partial charge in [0.2, 0.25) is 0 Å². The Morgan fingerprint density at radius 1 is 1.35 bits per heavy atom. The van der Waals surface area contributed by atoms with Crippen LogP contribution in [0.2, 0.25) is 0 Å². The second kappa shape index (κ2) is 5.41. The minimum absolute atomic E-state index is 0.356. The van der Waals surface area contributed by atoms with Gasteiger partial charge in [0, 0.05) is 11.7 Å². The third kappa shape index (κ3) is 2.91. The predicted octanol–water partition coefficient (Wildman–Crippen LogP) is 2.63. The Morgan fingerprint density at radius 3 is 2.82 bits per heavy atom. The van der Waals surface area contributed by atoms with Crippen LogP contribution >= 0.6 is 0 Å². The van der Waals surface area contributed by atoms with Gasteiger partial charge in [0.15, 0.2) is 0 Å². The van der Waals surface area contributed by atoms with Crippen molar-refractivity contribution in [2.75, 3.05) is 11.9 Å². The zero-order chi connectivity index (χ0) is 12.3. The Balaban J connectivity index is 2.05. The van der Waals surface area contributed by atoms with E-state index in [1.54, 1.807) is 6.07 Å². The lowest BCUT2D eigenvalue weighted by Gasteiger charge is -2.32. The molecule has 3 heteroatoms. The van der Waals surface area contributed by atoms with E-state index in [9.17, 15) is 5.11 Å². The molecule has 4 N–H and O–H groups in total. The standard InChI is InChI=1S/C14H22N2O/c1-10-8-12(6-7-14(10)17)16-13-5-3-2-4-11(13)9-15/h6-8,11,13,16-17H,2-5,9,15H2,1H3. The van der Waals surface area contributed by atoms with E-state index in [1.165, 1.54) is 25.7 Å². The minimum atomic E-state index is 0.356. The molecule has 1 aliphatic carbocycles. The van der Waals surface area contributed by atoms with Crippen LogP contribution in [0, 0.1) is 12.8 Å².